The molecule has 1 aromatic heterocycles. The summed E-state index contributed by atoms with van der Waals surface area (Å²) in [7, 11) is -2.48. The normalized spacial score (nSPS) is 11.4. The highest BCUT2D eigenvalue weighted by Gasteiger charge is 2.17. The Morgan fingerprint density at radius 2 is 2.08 bits per heavy atom. The molecule has 0 unspecified atom stereocenters. The number of sulfonamides is 1. The van der Waals surface area contributed by atoms with E-state index >= 15 is 0 Å². The van der Waals surface area contributed by atoms with Crippen molar-refractivity contribution in [3.05, 3.63) is 40.7 Å². The molecule has 1 heterocycles. The fourth-order valence-corrected chi connectivity index (χ4v) is 3.09. The maximum Gasteiger partial charge on any atom is 0.255 e. The van der Waals surface area contributed by atoms with Crippen LogP contribution in [-0.4, -0.2) is 38.2 Å². The Kier molecular flexibility index (Phi) is 5.81. The van der Waals surface area contributed by atoms with E-state index in [4.69, 9.17) is 9.88 Å². The van der Waals surface area contributed by atoms with Crippen LogP contribution in [0.15, 0.2) is 23.1 Å². The van der Waals surface area contributed by atoms with Gasteiger partial charge in [-0.15, -0.1) is 0 Å². The van der Waals surface area contributed by atoms with Gasteiger partial charge in [-0.1, -0.05) is 0 Å². The minimum Gasteiger partial charge on any atom is -0.496 e. The van der Waals surface area contributed by atoms with Gasteiger partial charge in [0.15, 0.2) is 0 Å². The molecular formula is C16H22N4O4S. The Balaban J connectivity index is 2.03. The van der Waals surface area contributed by atoms with E-state index in [-0.39, 0.29) is 16.2 Å². The number of aryl methyl sites for hydroxylation is 2. The SMILES string of the molecule is COc1ccc(S(N)(=O)=O)cc1C(=O)NCCCc1c(C)n[nH]c1C. The third kappa shape index (κ3) is 4.58. The number of nitrogens with zero attached hydrogens (tertiary/aromatic N) is 1. The first-order valence-electron chi connectivity index (χ1n) is 7.73. The van der Waals surface area contributed by atoms with Crippen LogP contribution in [-0.2, 0) is 16.4 Å². The number of aromatic amines is 1. The topological polar surface area (TPSA) is 127 Å². The summed E-state index contributed by atoms with van der Waals surface area (Å²) < 4.78 is 28.0. The van der Waals surface area contributed by atoms with Crippen LogP contribution in [0.5, 0.6) is 5.75 Å². The standard InChI is InChI=1S/C16H22N4O4S/c1-10-13(11(2)20-19-10)5-4-8-18-16(21)14-9-12(25(17,22)23)6-7-15(14)24-3/h6-7,9H,4-5,8H2,1-3H3,(H,18,21)(H,19,20)(H2,17,22,23). The van der Waals surface area contributed by atoms with Crippen molar-refractivity contribution in [2.75, 3.05) is 13.7 Å². The number of aromatic nitrogens is 2. The molecule has 2 rings (SSSR count). The van der Waals surface area contributed by atoms with Gasteiger partial charge in [0.2, 0.25) is 10.0 Å². The molecule has 1 aromatic carbocycles. The van der Waals surface area contributed by atoms with Gasteiger partial charge < -0.3 is 10.1 Å². The molecule has 0 bridgehead atoms. The number of hydrogen-bond acceptors (Lipinski definition) is 5. The molecule has 2 aromatic rings. The average molecular weight is 366 g/mol. The summed E-state index contributed by atoms with van der Waals surface area (Å²) in [5, 5.41) is 14.9. The number of nitrogens with one attached hydrogen (secondary N) is 2. The molecule has 8 nitrogen and oxygen atoms in total. The number of benzene rings is 1. The van der Waals surface area contributed by atoms with Crippen molar-refractivity contribution >= 4 is 15.9 Å². The predicted molar refractivity (Wildman–Crippen MR) is 93.1 cm³/mol. The van der Waals surface area contributed by atoms with Crippen LogP contribution in [0.3, 0.4) is 0 Å². The maximum absolute atomic E-state index is 12.4. The van der Waals surface area contributed by atoms with E-state index in [1.165, 1.54) is 25.3 Å². The first-order chi connectivity index (χ1) is 11.7. The van der Waals surface area contributed by atoms with Gasteiger partial charge in [-0.3, -0.25) is 9.89 Å². The number of H-pyrrole nitrogens is 1. The fourth-order valence-electron chi connectivity index (χ4n) is 2.55. The Morgan fingerprint density at radius 3 is 2.64 bits per heavy atom. The Bertz CT molecular complexity index is 855. The zero-order valence-electron chi connectivity index (χ0n) is 14.4. The number of carbonyl (C=O) groups excluding carboxylic acids is 1. The highest BCUT2D eigenvalue weighted by molar-refractivity contribution is 7.89. The van der Waals surface area contributed by atoms with Crippen molar-refractivity contribution in [2.45, 2.75) is 31.6 Å². The Labute approximate surface area is 146 Å². The Morgan fingerprint density at radius 1 is 1.36 bits per heavy atom. The lowest BCUT2D eigenvalue weighted by Crippen LogP contribution is -2.26. The zero-order valence-corrected chi connectivity index (χ0v) is 15.2. The smallest absolute Gasteiger partial charge is 0.255 e. The lowest BCUT2D eigenvalue weighted by atomic mass is 10.1. The van der Waals surface area contributed by atoms with E-state index in [1.807, 2.05) is 13.8 Å². The number of hydrogen-bond donors (Lipinski definition) is 3. The molecule has 4 N–H and O–H groups in total. The third-order valence-corrected chi connectivity index (χ3v) is 4.82. The highest BCUT2D eigenvalue weighted by Crippen LogP contribution is 2.22. The van der Waals surface area contributed by atoms with Gasteiger partial charge >= 0.3 is 0 Å². The molecular weight excluding hydrogens is 344 g/mol. The van der Waals surface area contributed by atoms with Crippen molar-refractivity contribution in [3.8, 4) is 5.75 Å². The molecule has 136 valence electrons. The molecule has 0 atom stereocenters. The minimum absolute atomic E-state index is 0.129. The lowest BCUT2D eigenvalue weighted by molar-refractivity contribution is 0.0950. The second-order valence-corrected chi connectivity index (χ2v) is 7.24. The summed E-state index contributed by atoms with van der Waals surface area (Å²) in [4.78, 5) is 12.2. The quantitative estimate of drug-likeness (QED) is 0.631. The van der Waals surface area contributed by atoms with Gasteiger partial charge in [-0.25, -0.2) is 13.6 Å². The van der Waals surface area contributed by atoms with Gasteiger partial charge in [-0.05, 0) is 50.5 Å². The van der Waals surface area contributed by atoms with Crippen LogP contribution >= 0.6 is 0 Å². The van der Waals surface area contributed by atoms with Gasteiger partial charge in [0.1, 0.15) is 5.75 Å². The fraction of sp³-hybridized carbons (Fsp3) is 0.375. The van der Waals surface area contributed by atoms with Crippen LogP contribution in [0.25, 0.3) is 0 Å². The summed E-state index contributed by atoms with van der Waals surface area (Å²) in [5.41, 5.74) is 3.24. The summed E-state index contributed by atoms with van der Waals surface area (Å²) in [6.45, 7) is 4.32. The summed E-state index contributed by atoms with van der Waals surface area (Å²) in [6, 6.07) is 3.93. The molecule has 0 spiro atoms. The van der Waals surface area contributed by atoms with Crippen LogP contribution in [0.2, 0.25) is 0 Å². The molecule has 0 fully saturated rings. The van der Waals surface area contributed by atoms with Crippen molar-refractivity contribution in [2.24, 2.45) is 5.14 Å². The van der Waals surface area contributed by atoms with Crippen molar-refractivity contribution < 1.29 is 17.9 Å². The molecule has 0 saturated carbocycles. The Hall–Kier alpha value is -2.39. The van der Waals surface area contributed by atoms with Gasteiger partial charge in [0.05, 0.1) is 23.3 Å². The largest absolute Gasteiger partial charge is 0.496 e. The maximum atomic E-state index is 12.4. The predicted octanol–water partition coefficient (Wildman–Crippen LogP) is 1.05. The van der Waals surface area contributed by atoms with E-state index < -0.39 is 15.9 Å². The second-order valence-electron chi connectivity index (χ2n) is 5.68. The summed E-state index contributed by atoms with van der Waals surface area (Å²) in [5.74, 6) is -0.130. The molecule has 0 aliphatic carbocycles. The number of ether oxygens (including phenoxy) is 1. The van der Waals surface area contributed by atoms with Crippen LogP contribution in [0.4, 0.5) is 0 Å². The van der Waals surface area contributed by atoms with E-state index in [9.17, 15) is 13.2 Å². The highest BCUT2D eigenvalue weighted by atomic mass is 32.2. The van der Waals surface area contributed by atoms with Crippen LogP contribution < -0.4 is 15.2 Å². The van der Waals surface area contributed by atoms with E-state index in [0.29, 0.717) is 6.54 Å². The number of amides is 1. The van der Waals surface area contributed by atoms with Crippen molar-refractivity contribution in [1.82, 2.24) is 15.5 Å². The zero-order chi connectivity index (χ0) is 18.6. The summed E-state index contributed by atoms with van der Waals surface area (Å²) in [6.07, 6.45) is 1.51. The van der Waals surface area contributed by atoms with Gasteiger partial charge in [0.25, 0.3) is 5.91 Å². The second kappa shape index (κ2) is 7.66. The lowest BCUT2D eigenvalue weighted by Gasteiger charge is -2.11. The number of carbonyl (C=O) groups is 1. The van der Waals surface area contributed by atoms with E-state index in [1.54, 1.807) is 0 Å². The molecule has 25 heavy (non-hydrogen) atoms. The summed E-state index contributed by atoms with van der Waals surface area (Å²) >= 11 is 0. The van der Waals surface area contributed by atoms with Gasteiger partial charge in [-0.2, -0.15) is 5.10 Å². The first-order valence-corrected chi connectivity index (χ1v) is 9.28. The molecule has 0 saturated heterocycles. The number of nitrogens with two attached hydrogens (primary N) is 1. The third-order valence-electron chi connectivity index (χ3n) is 3.91. The molecule has 0 aliphatic rings. The monoisotopic (exact) mass is 366 g/mol. The first kappa shape index (κ1) is 18.9. The molecule has 0 aliphatic heterocycles. The van der Waals surface area contributed by atoms with Crippen molar-refractivity contribution in [3.63, 3.8) is 0 Å². The van der Waals surface area contributed by atoms with Crippen LogP contribution in [0.1, 0.15) is 33.7 Å². The van der Waals surface area contributed by atoms with Crippen LogP contribution in [0, 0.1) is 13.8 Å². The molecule has 0 radical (unpaired) electrons. The molecule has 1 amide bonds. The van der Waals surface area contributed by atoms with E-state index in [0.717, 1.165) is 29.8 Å². The average Bonchev–Trinajstić information content (AvgIpc) is 2.88. The number of methoxy groups -OCH3 is 1. The molecule has 9 heteroatoms. The number of rotatable bonds is 7. The van der Waals surface area contributed by atoms with Gasteiger partial charge in [0, 0.05) is 12.2 Å². The number of primary sulfonamides is 1. The minimum atomic E-state index is -3.89. The van der Waals surface area contributed by atoms with E-state index in [2.05, 4.69) is 15.5 Å². The van der Waals surface area contributed by atoms with Crippen molar-refractivity contribution in [1.29, 1.82) is 0 Å².